The van der Waals surface area contributed by atoms with E-state index in [2.05, 4.69) is 15.6 Å². The number of para-hydroxylation sites is 2. The van der Waals surface area contributed by atoms with Gasteiger partial charge in [-0.2, -0.15) is 13.2 Å². The van der Waals surface area contributed by atoms with Gasteiger partial charge in [0.2, 0.25) is 0 Å². The minimum absolute atomic E-state index is 0.131. The third kappa shape index (κ3) is 4.25. The number of rotatable bonds is 5. The number of carbonyl (C=O) groups excluding carboxylic acids is 1. The quantitative estimate of drug-likeness (QED) is 0.624. The van der Waals surface area contributed by atoms with Crippen LogP contribution in [-0.2, 0) is 19.8 Å². The maximum Gasteiger partial charge on any atom is 0.416 e. The van der Waals surface area contributed by atoms with Gasteiger partial charge in [-0.15, -0.1) is 0 Å². The Bertz CT molecular complexity index is 985. The molecule has 9 heteroatoms. The number of amides is 2. The Morgan fingerprint density at radius 2 is 1.82 bits per heavy atom. The molecule has 1 unspecified atom stereocenters. The SMILES string of the molecule is Cn1c(CNC(=O)NCC(O)c2ccccc2C(F)(F)F)nc2ccccc21. The van der Waals surface area contributed by atoms with Crippen molar-refractivity contribution in [3.63, 3.8) is 0 Å². The summed E-state index contributed by atoms with van der Waals surface area (Å²) in [5.74, 6) is 0.624. The van der Waals surface area contributed by atoms with Gasteiger partial charge in [-0.3, -0.25) is 0 Å². The zero-order valence-corrected chi connectivity index (χ0v) is 15.0. The van der Waals surface area contributed by atoms with Gasteiger partial charge in [0.15, 0.2) is 0 Å². The summed E-state index contributed by atoms with van der Waals surface area (Å²) in [7, 11) is 1.82. The van der Waals surface area contributed by atoms with Gasteiger partial charge in [0.05, 0.1) is 29.2 Å². The second kappa shape index (κ2) is 7.89. The van der Waals surface area contributed by atoms with Gasteiger partial charge in [-0.05, 0) is 23.8 Å². The van der Waals surface area contributed by atoms with E-state index in [0.29, 0.717) is 5.82 Å². The molecule has 28 heavy (non-hydrogen) atoms. The number of nitrogens with zero attached hydrogens (tertiary/aromatic N) is 2. The largest absolute Gasteiger partial charge is 0.416 e. The van der Waals surface area contributed by atoms with Crippen LogP contribution in [0.5, 0.6) is 0 Å². The topological polar surface area (TPSA) is 79.2 Å². The lowest BCUT2D eigenvalue weighted by Gasteiger charge is -2.18. The molecule has 2 aromatic carbocycles. The summed E-state index contributed by atoms with van der Waals surface area (Å²) in [4.78, 5) is 16.4. The summed E-state index contributed by atoms with van der Waals surface area (Å²) in [5.41, 5.74) is 0.496. The number of nitrogens with one attached hydrogen (secondary N) is 2. The van der Waals surface area contributed by atoms with Crippen LogP contribution in [-0.4, -0.2) is 27.2 Å². The van der Waals surface area contributed by atoms with E-state index < -0.39 is 23.9 Å². The summed E-state index contributed by atoms with van der Waals surface area (Å²) >= 11 is 0. The van der Waals surface area contributed by atoms with Crippen molar-refractivity contribution >= 4 is 17.1 Å². The molecule has 0 saturated carbocycles. The first-order chi connectivity index (χ1) is 13.3. The number of urea groups is 1. The number of imidazole rings is 1. The number of aliphatic hydroxyl groups excluding tert-OH is 1. The van der Waals surface area contributed by atoms with E-state index in [1.807, 2.05) is 35.9 Å². The van der Waals surface area contributed by atoms with Gasteiger partial charge in [-0.1, -0.05) is 30.3 Å². The lowest BCUT2D eigenvalue weighted by atomic mass is 10.0. The molecule has 0 aliphatic heterocycles. The number of hydrogen-bond acceptors (Lipinski definition) is 3. The molecule has 1 heterocycles. The summed E-state index contributed by atoms with van der Waals surface area (Å²) in [6.45, 7) is -0.228. The Hall–Kier alpha value is -3.07. The van der Waals surface area contributed by atoms with E-state index in [9.17, 15) is 23.1 Å². The molecule has 0 aliphatic carbocycles. The van der Waals surface area contributed by atoms with Crippen LogP contribution in [0.1, 0.15) is 23.1 Å². The lowest BCUT2D eigenvalue weighted by molar-refractivity contribution is -0.139. The Labute approximate surface area is 159 Å². The van der Waals surface area contributed by atoms with Crippen LogP contribution in [0.4, 0.5) is 18.0 Å². The van der Waals surface area contributed by atoms with Crippen molar-refractivity contribution in [2.24, 2.45) is 7.05 Å². The molecule has 0 aliphatic rings. The minimum atomic E-state index is -4.58. The summed E-state index contributed by atoms with van der Waals surface area (Å²) < 4.78 is 40.9. The number of carbonyl (C=O) groups is 1. The van der Waals surface area contributed by atoms with Crippen LogP contribution >= 0.6 is 0 Å². The molecule has 0 radical (unpaired) electrons. The number of aryl methyl sites for hydroxylation is 1. The summed E-state index contributed by atoms with van der Waals surface area (Å²) in [5, 5.41) is 15.0. The monoisotopic (exact) mass is 392 g/mol. The number of aromatic nitrogens is 2. The number of aliphatic hydroxyl groups is 1. The van der Waals surface area contributed by atoms with Crippen LogP contribution in [0.2, 0.25) is 0 Å². The highest BCUT2D eigenvalue weighted by Crippen LogP contribution is 2.34. The predicted octanol–water partition coefficient (Wildman–Crippen LogP) is 3.12. The van der Waals surface area contributed by atoms with Gasteiger partial charge in [0, 0.05) is 13.6 Å². The van der Waals surface area contributed by atoms with Crippen LogP contribution in [0, 0.1) is 0 Å². The first kappa shape index (κ1) is 19.7. The highest BCUT2D eigenvalue weighted by Gasteiger charge is 2.34. The van der Waals surface area contributed by atoms with Crippen LogP contribution in [0.15, 0.2) is 48.5 Å². The molecule has 0 fully saturated rings. The highest BCUT2D eigenvalue weighted by atomic mass is 19.4. The average Bonchev–Trinajstić information content (AvgIpc) is 3.00. The molecule has 1 atom stereocenters. The number of hydrogen-bond donors (Lipinski definition) is 3. The standard InChI is InChI=1S/C19H19F3N4O2/c1-26-15-9-5-4-8-14(15)25-17(26)11-24-18(28)23-10-16(27)12-6-2-3-7-13(12)19(20,21)22/h2-9,16,27H,10-11H2,1H3,(H2,23,24,28). The van der Waals surface area contributed by atoms with Crippen molar-refractivity contribution in [2.45, 2.75) is 18.8 Å². The Balaban J connectivity index is 1.58. The summed E-state index contributed by atoms with van der Waals surface area (Å²) in [6.07, 6.45) is -6.07. The number of fused-ring (bicyclic) bond motifs is 1. The smallest absolute Gasteiger partial charge is 0.387 e. The second-order valence-corrected chi connectivity index (χ2v) is 6.24. The van der Waals surface area contributed by atoms with Gasteiger partial charge >= 0.3 is 12.2 Å². The van der Waals surface area contributed by atoms with Crippen LogP contribution in [0.3, 0.4) is 0 Å². The molecule has 3 aromatic rings. The molecular weight excluding hydrogens is 373 g/mol. The summed E-state index contributed by atoms with van der Waals surface area (Å²) in [6, 6.07) is 11.6. The van der Waals surface area contributed by atoms with Gasteiger partial charge in [0.1, 0.15) is 5.82 Å². The fourth-order valence-corrected chi connectivity index (χ4v) is 2.92. The molecule has 2 amide bonds. The van der Waals surface area contributed by atoms with Crippen LogP contribution < -0.4 is 10.6 Å². The molecule has 148 valence electrons. The normalized spacial score (nSPS) is 12.8. The maximum atomic E-state index is 13.0. The molecule has 6 nitrogen and oxygen atoms in total. The van der Waals surface area contributed by atoms with Gasteiger partial charge in [0.25, 0.3) is 0 Å². The molecule has 3 N–H and O–H groups in total. The van der Waals surface area contributed by atoms with E-state index in [1.165, 1.54) is 18.2 Å². The van der Waals surface area contributed by atoms with Crippen molar-refractivity contribution < 1.29 is 23.1 Å². The van der Waals surface area contributed by atoms with Crippen molar-refractivity contribution in [3.05, 3.63) is 65.5 Å². The predicted molar refractivity (Wildman–Crippen MR) is 97.4 cm³/mol. The number of benzene rings is 2. The second-order valence-electron chi connectivity index (χ2n) is 6.24. The first-order valence-corrected chi connectivity index (χ1v) is 8.53. The van der Waals surface area contributed by atoms with E-state index in [1.54, 1.807) is 0 Å². The van der Waals surface area contributed by atoms with Crippen molar-refractivity contribution in [3.8, 4) is 0 Å². The van der Waals surface area contributed by atoms with Crippen molar-refractivity contribution in [2.75, 3.05) is 6.54 Å². The van der Waals surface area contributed by atoms with Crippen molar-refractivity contribution in [1.29, 1.82) is 0 Å². The Morgan fingerprint density at radius 1 is 1.14 bits per heavy atom. The zero-order valence-electron chi connectivity index (χ0n) is 15.0. The number of alkyl halides is 3. The van der Waals surface area contributed by atoms with E-state index in [0.717, 1.165) is 17.1 Å². The number of halogens is 3. The third-order valence-electron chi connectivity index (χ3n) is 4.37. The minimum Gasteiger partial charge on any atom is -0.387 e. The zero-order chi connectivity index (χ0) is 20.3. The van der Waals surface area contributed by atoms with Crippen molar-refractivity contribution in [1.82, 2.24) is 20.2 Å². The average molecular weight is 392 g/mol. The third-order valence-corrected chi connectivity index (χ3v) is 4.37. The van der Waals surface area contributed by atoms with Gasteiger partial charge in [-0.25, -0.2) is 9.78 Å². The van der Waals surface area contributed by atoms with E-state index in [-0.39, 0.29) is 18.7 Å². The molecule has 0 bridgehead atoms. The lowest BCUT2D eigenvalue weighted by Crippen LogP contribution is -2.38. The van der Waals surface area contributed by atoms with Crippen LogP contribution in [0.25, 0.3) is 11.0 Å². The Kier molecular flexibility index (Phi) is 5.55. The fraction of sp³-hybridized carbons (Fsp3) is 0.263. The molecule has 3 rings (SSSR count). The molecule has 0 spiro atoms. The molecular formula is C19H19F3N4O2. The highest BCUT2D eigenvalue weighted by molar-refractivity contribution is 5.76. The van der Waals surface area contributed by atoms with E-state index >= 15 is 0 Å². The first-order valence-electron chi connectivity index (χ1n) is 8.53. The van der Waals surface area contributed by atoms with Gasteiger partial charge < -0.3 is 20.3 Å². The Morgan fingerprint density at radius 3 is 2.54 bits per heavy atom. The van der Waals surface area contributed by atoms with E-state index in [4.69, 9.17) is 0 Å². The fourth-order valence-electron chi connectivity index (χ4n) is 2.92. The molecule has 0 saturated heterocycles. The molecule has 1 aromatic heterocycles. The maximum absolute atomic E-state index is 13.0.